The Labute approximate surface area is 169 Å². The van der Waals surface area contributed by atoms with Crippen LogP contribution in [0.1, 0.15) is 38.5 Å². The number of nitrogens with one attached hydrogen (secondary N) is 1. The van der Waals surface area contributed by atoms with Gasteiger partial charge in [-0.2, -0.15) is 4.31 Å². The highest BCUT2D eigenvalue weighted by Gasteiger charge is 2.50. The first-order valence-electron chi connectivity index (χ1n) is 9.64. The molecule has 10 heteroatoms. The number of fused-ring (bicyclic) bond motifs is 2. The number of piperidine rings is 1. The minimum atomic E-state index is -3.72. The zero-order chi connectivity index (χ0) is 20.8. The number of likely N-dealkylation sites (tertiary alicyclic amines) is 1. The van der Waals surface area contributed by atoms with Crippen LogP contribution in [0.4, 0.5) is 10.5 Å². The van der Waals surface area contributed by atoms with Crippen molar-refractivity contribution in [1.29, 1.82) is 0 Å². The van der Waals surface area contributed by atoms with Gasteiger partial charge in [0.05, 0.1) is 12.0 Å². The molecule has 0 radical (unpaired) electrons. The Morgan fingerprint density at radius 2 is 1.55 bits per heavy atom. The highest BCUT2D eigenvalue weighted by Crippen LogP contribution is 2.42. The lowest BCUT2D eigenvalue weighted by Crippen LogP contribution is -2.53. The largest absolute Gasteiger partial charge is 0.453 e. The van der Waals surface area contributed by atoms with Crippen LogP contribution in [-0.4, -0.2) is 60.8 Å². The van der Waals surface area contributed by atoms with E-state index in [4.69, 9.17) is 0 Å². The smallest absolute Gasteiger partial charge is 0.411 e. The predicted molar refractivity (Wildman–Crippen MR) is 102 cm³/mol. The summed E-state index contributed by atoms with van der Waals surface area (Å²) in [6.07, 6.45) is 2.27. The Bertz CT molecular complexity index is 915. The molecule has 3 aliphatic heterocycles. The second-order valence-corrected chi connectivity index (χ2v) is 9.49. The van der Waals surface area contributed by atoms with Crippen molar-refractivity contribution < 1.29 is 27.5 Å². The molecule has 3 heterocycles. The molecule has 4 rings (SSSR count). The van der Waals surface area contributed by atoms with Crippen LogP contribution >= 0.6 is 0 Å². The minimum absolute atomic E-state index is 0.149. The van der Waals surface area contributed by atoms with Gasteiger partial charge in [-0.3, -0.25) is 19.8 Å². The number of sulfonamides is 1. The van der Waals surface area contributed by atoms with Crippen LogP contribution in [0.2, 0.25) is 0 Å². The SMILES string of the molecule is COC(=O)Nc1ccc(S(=O)(=O)N2C3CCC2CC(N2C(=O)CCC2=O)C3)cc1. The molecule has 3 aliphatic rings. The molecule has 0 saturated carbocycles. The van der Waals surface area contributed by atoms with Crippen molar-refractivity contribution in [2.24, 2.45) is 0 Å². The van der Waals surface area contributed by atoms with Crippen LogP contribution in [0.15, 0.2) is 29.2 Å². The molecule has 2 unspecified atom stereocenters. The van der Waals surface area contributed by atoms with Gasteiger partial charge in [0.1, 0.15) is 0 Å². The normalized spacial score (nSPS) is 27.3. The third kappa shape index (κ3) is 3.51. The van der Waals surface area contributed by atoms with Gasteiger partial charge in [-0.15, -0.1) is 0 Å². The Morgan fingerprint density at radius 1 is 1.00 bits per heavy atom. The monoisotopic (exact) mass is 421 g/mol. The summed E-state index contributed by atoms with van der Waals surface area (Å²) in [5, 5.41) is 2.49. The molecule has 0 aromatic heterocycles. The maximum atomic E-state index is 13.3. The number of benzene rings is 1. The summed E-state index contributed by atoms with van der Waals surface area (Å²) >= 11 is 0. The summed E-state index contributed by atoms with van der Waals surface area (Å²) in [6.45, 7) is 0. The van der Waals surface area contributed by atoms with Crippen molar-refractivity contribution >= 4 is 33.6 Å². The molecule has 3 saturated heterocycles. The Morgan fingerprint density at radius 3 is 2.07 bits per heavy atom. The second kappa shape index (κ2) is 7.42. The fourth-order valence-electron chi connectivity index (χ4n) is 4.71. The lowest BCUT2D eigenvalue weighted by atomic mass is 9.98. The maximum Gasteiger partial charge on any atom is 0.411 e. The minimum Gasteiger partial charge on any atom is -0.453 e. The van der Waals surface area contributed by atoms with E-state index >= 15 is 0 Å². The molecule has 0 aliphatic carbocycles. The molecule has 29 heavy (non-hydrogen) atoms. The lowest BCUT2D eigenvalue weighted by Gasteiger charge is -2.40. The van der Waals surface area contributed by atoms with Crippen LogP contribution < -0.4 is 5.32 Å². The van der Waals surface area contributed by atoms with E-state index in [-0.39, 0.29) is 47.7 Å². The van der Waals surface area contributed by atoms with Gasteiger partial charge in [-0.1, -0.05) is 0 Å². The number of amides is 3. The quantitative estimate of drug-likeness (QED) is 0.741. The molecular weight excluding hydrogens is 398 g/mol. The summed E-state index contributed by atoms with van der Waals surface area (Å²) in [5.74, 6) is -0.297. The molecule has 3 amide bonds. The van der Waals surface area contributed by atoms with E-state index in [0.29, 0.717) is 18.5 Å². The molecule has 1 aromatic carbocycles. The van der Waals surface area contributed by atoms with Crippen molar-refractivity contribution in [3.05, 3.63) is 24.3 Å². The molecule has 1 N–H and O–H groups in total. The average Bonchev–Trinajstić information content (AvgIpc) is 3.18. The molecular formula is C19H23N3O6S. The number of carbonyl (C=O) groups is 3. The summed E-state index contributed by atoms with van der Waals surface area (Å²) in [6, 6.07) is 5.28. The van der Waals surface area contributed by atoms with Gasteiger partial charge in [-0.05, 0) is 49.9 Å². The topological polar surface area (TPSA) is 113 Å². The number of anilines is 1. The summed E-state index contributed by atoms with van der Waals surface area (Å²) in [5.41, 5.74) is 0.434. The van der Waals surface area contributed by atoms with Crippen LogP contribution in [0.3, 0.4) is 0 Å². The van der Waals surface area contributed by atoms with Crippen molar-refractivity contribution in [3.63, 3.8) is 0 Å². The van der Waals surface area contributed by atoms with Gasteiger partial charge in [0.25, 0.3) is 0 Å². The first-order valence-corrected chi connectivity index (χ1v) is 11.1. The summed E-state index contributed by atoms with van der Waals surface area (Å²) in [4.78, 5) is 37.0. The van der Waals surface area contributed by atoms with Crippen LogP contribution in [0, 0.1) is 0 Å². The molecule has 156 valence electrons. The number of nitrogens with zero attached hydrogens (tertiary/aromatic N) is 2. The fraction of sp³-hybridized carbons (Fsp3) is 0.526. The van der Waals surface area contributed by atoms with E-state index in [9.17, 15) is 22.8 Å². The van der Waals surface area contributed by atoms with E-state index < -0.39 is 16.1 Å². The number of rotatable bonds is 4. The van der Waals surface area contributed by atoms with Gasteiger partial charge in [0.15, 0.2) is 0 Å². The molecule has 3 fully saturated rings. The van der Waals surface area contributed by atoms with Crippen molar-refractivity contribution in [2.45, 2.75) is 61.5 Å². The molecule has 2 atom stereocenters. The van der Waals surface area contributed by atoms with Gasteiger partial charge >= 0.3 is 6.09 Å². The molecule has 1 aromatic rings. The average molecular weight is 421 g/mol. The molecule has 0 spiro atoms. The van der Waals surface area contributed by atoms with Gasteiger partial charge in [-0.25, -0.2) is 13.2 Å². The number of imide groups is 1. The second-order valence-electron chi connectivity index (χ2n) is 7.64. The Hall–Kier alpha value is -2.46. The van der Waals surface area contributed by atoms with E-state index in [1.807, 2.05) is 0 Å². The summed E-state index contributed by atoms with van der Waals surface area (Å²) < 4.78 is 32.6. The van der Waals surface area contributed by atoms with E-state index in [0.717, 1.165) is 12.8 Å². The number of methoxy groups -OCH3 is 1. The number of ether oxygens (including phenoxy) is 1. The van der Waals surface area contributed by atoms with Crippen LogP contribution in [-0.2, 0) is 24.3 Å². The number of carbonyl (C=O) groups excluding carboxylic acids is 3. The molecule has 9 nitrogen and oxygen atoms in total. The zero-order valence-electron chi connectivity index (χ0n) is 16.0. The zero-order valence-corrected chi connectivity index (χ0v) is 16.9. The van der Waals surface area contributed by atoms with E-state index in [1.54, 1.807) is 4.31 Å². The van der Waals surface area contributed by atoms with Gasteiger partial charge in [0, 0.05) is 36.7 Å². The first-order chi connectivity index (χ1) is 13.8. The van der Waals surface area contributed by atoms with Crippen molar-refractivity contribution in [1.82, 2.24) is 9.21 Å². The third-order valence-electron chi connectivity index (χ3n) is 5.96. The van der Waals surface area contributed by atoms with Gasteiger partial charge < -0.3 is 4.74 Å². The third-order valence-corrected chi connectivity index (χ3v) is 7.98. The Balaban J connectivity index is 1.52. The molecule has 2 bridgehead atoms. The van der Waals surface area contributed by atoms with E-state index in [2.05, 4.69) is 10.1 Å². The standard InChI is InChI=1S/C19H23N3O6S/c1-28-19(25)20-12-2-6-16(7-3-12)29(26,27)22-13-4-5-14(22)11-15(10-13)21-17(23)8-9-18(21)24/h2-3,6-7,13-15H,4-5,8-11H2,1H3,(H,20,25). The summed E-state index contributed by atoms with van der Waals surface area (Å²) in [7, 11) is -2.47. The van der Waals surface area contributed by atoms with Gasteiger partial charge in [0.2, 0.25) is 21.8 Å². The van der Waals surface area contributed by atoms with E-state index in [1.165, 1.54) is 36.3 Å². The van der Waals surface area contributed by atoms with Crippen molar-refractivity contribution in [2.75, 3.05) is 12.4 Å². The first kappa shape index (κ1) is 19.8. The van der Waals surface area contributed by atoms with Crippen molar-refractivity contribution in [3.8, 4) is 0 Å². The predicted octanol–water partition coefficient (Wildman–Crippen LogP) is 1.70. The number of hydrogen-bond donors (Lipinski definition) is 1. The highest BCUT2D eigenvalue weighted by atomic mass is 32.2. The number of hydrogen-bond acceptors (Lipinski definition) is 6. The van der Waals surface area contributed by atoms with Crippen LogP contribution in [0.5, 0.6) is 0 Å². The fourth-order valence-corrected chi connectivity index (χ4v) is 6.60. The highest BCUT2D eigenvalue weighted by molar-refractivity contribution is 7.89. The Kier molecular flexibility index (Phi) is 5.07. The maximum absolute atomic E-state index is 13.3. The lowest BCUT2D eigenvalue weighted by molar-refractivity contribution is -0.142. The van der Waals surface area contributed by atoms with Crippen LogP contribution in [0.25, 0.3) is 0 Å².